The first-order valence-electron chi connectivity index (χ1n) is 16.0. The average molecular weight is 614 g/mol. The fraction of sp³-hybridized carbons (Fsp3) is 0.871. The third-order valence-electron chi connectivity index (χ3n) is 6.76. The summed E-state index contributed by atoms with van der Waals surface area (Å²) >= 11 is 0. The number of rotatable bonds is 20. The molecule has 40 heavy (non-hydrogen) atoms. The number of nitrogens with zero attached hydrogens (tertiary/aromatic N) is 1. The molecule has 0 radical (unpaired) electrons. The van der Waals surface area contributed by atoms with Crippen LogP contribution in [0.2, 0.25) is 58.9 Å². The summed E-state index contributed by atoms with van der Waals surface area (Å²) in [6, 6.07) is 0. The quantitative estimate of drug-likeness (QED) is 0.0592. The number of oxime groups is 1. The predicted molar refractivity (Wildman–Crippen MR) is 178 cm³/mol. The SMILES string of the molecule is CCCCCC(/C=C/[C@H]1C(O[Si](C)(C)C)C/C(=N/OCC)[C@@H]1CCCCCCC(=O)O[Si](C)(C)C)O[Si](C)(C)C. The van der Waals surface area contributed by atoms with Crippen LogP contribution in [-0.2, 0) is 22.9 Å². The Balaban J connectivity index is 3.00. The first-order chi connectivity index (χ1) is 18.5. The van der Waals surface area contributed by atoms with Gasteiger partial charge in [-0.1, -0.05) is 62.8 Å². The van der Waals surface area contributed by atoms with E-state index in [1.807, 2.05) is 6.92 Å². The lowest BCUT2D eigenvalue weighted by atomic mass is 9.88. The highest BCUT2D eigenvalue weighted by Gasteiger charge is 2.42. The Labute approximate surface area is 250 Å². The predicted octanol–water partition coefficient (Wildman–Crippen LogP) is 9.31. The largest absolute Gasteiger partial charge is 0.520 e. The Hall–Kier alpha value is -0.749. The van der Waals surface area contributed by atoms with Crippen LogP contribution in [0.5, 0.6) is 0 Å². The molecular formula is C31H63NO5Si3. The van der Waals surface area contributed by atoms with Crippen LogP contribution in [0.25, 0.3) is 0 Å². The van der Waals surface area contributed by atoms with Crippen LogP contribution in [0.3, 0.4) is 0 Å². The second kappa shape index (κ2) is 18.0. The summed E-state index contributed by atoms with van der Waals surface area (Å²) in [7, 11) is -5.21. The van der Waals surface area contributed by atoms with Gasteiger partial charge in [0.25, 0.3) is 5.97 Å². The molecule has 1 fully saturated rings. The van der Waals surface area contributed by atoms with Crippen molar-refractivity contribution < 1.29 is 22.9 Å². The van der Waals surface area contributed by atoms with Gasteiger partial charge in [0.15, 0.2) is 16.6 Å². The van der Waals surface area contributed by atoms with Gasteiger partial charge in [0, 0.05) is 24.7 Å². The molecule has 0 heterocycles. The minimum atomic E-state index is -1.80. The van der Waals surface area contributed by atoms with E-state index in [-0.39, 0.29) is 24.1 Å². The molecule has 0 aromatic rings. The first-order valence-corrected chi connectivity index (χ1v) is 26.2. The van der Waals surface area contributed by atoms with E-state index in [9.17, 15) is 4.79 Å². The highest BCUT2D eigenvalue weighted by atomic mass is 28.4. The Kier molecular flexibility index (Phi) is 16.8. The number of unbranched alkanes of at least 4 members (excludes halogenated alkanes) is 5. The molecule has 1 rings (SSSR count). The zero-order valence-corrected chi connectivity index (χ0v) is 30.9. The van der Waals surface area contributed by atoms with Crippen LogP contribution in [0.1, 0.15) is 84.5 Å². The van der Waals surface area contributed by atoms with Crippen molar-refractivity contribution in [3.8, 4) is 0 Å². The number of hydrogen-bond acceptors (Lipinski definition) is 6. The van der Waals surface area contributed by atoms with Crippen LogP contribution in [-0.4, -0.2) is 55.4 Å². The second-order valence-electron chi connectivity index (χ2n) is 14.3. The first kappa shape index (κ1) is 37.3. The maximum Gasteiger partial charge on any atom is 0.292 e. The topological polar surface area (TPSA) is 66.4 Å². The summed E-state index contributed by atoms with van der Waals surface area (Å²) in [6.45, 7) is 24.6. The van der Waals surface area contributed by atoms with Crippen LogP contribution < -0.4 is 0 Å². The van der Waals surface area contributed by atoms with E-state index < -0.39 is 25.0 Å². The van der Waals surface area contributed by atoms with Crippen molar-refractivity contribution in [3.05, 3.63) is 12.2 Å². The summed E-state index contributed by atoms with van der Waals surface area (Å²) in [5, 5.41) is 4.61. The van der Waals surface area contributed by atoms with Gasteiger partial charge < -0.3 is 18.1 Å². The van der Waals surface area contributed by atoms with Crippen molar-refractivity contribution >= 4 is 36.6 Å². The van der Waals surface area contributed by atoms with E-state index in [2.05, 4.69) is 83.2 Å². The lowest BCUT2D eigenvalue weighted by Crippen LogP contribution is -2.35. The van der Waals surface area contributed by atoms with Gasteiger partial charge in [0.2, 0.25) is 8.32 Å². The molecule has 0 bridgehead atoms. The summed E-state index contributed by atoms with van der Waals surface area (Å²) in [5.74, 6) is 0.549. The molecule has 9 heteroatoms. The maximum atomic E-state index is 12.1. The van der Waals surface area contributed by atoms with E-state index >= 15 is 0 Å². The fourth-order valence-corrected chi connectivity index (χ4v) is 8.33. The zero-order valence-electron chi connectivity index (χ0n) is 27.9. The van der Waals surface area contributed by atoms with Gasteiger partial charge in [-0.15, -0.1) is 0 Å². The Morgan fingerprint density at radius 1 is 0.900 bits per heavy atom. The number of carbonyl (C=O) groups excluding carboxylic acids is 1. The van der Waals surface area contributed by atoms with Crippen LogP contribution in [0.15, 0.2) is 17.3 Å². The minimum Gasteiger partial charge on any atom is -0.520 e. The standard InChI is InChI=1S/C31H63NO5Si3/c1-12-14-17-20-26(35-38(3,4)5)23-24-28-27(21-18-15-16-19-22-31(33)37-40(9,10)11)29(32-34-13-2)25-30(28)36-39(6,7)8/h23-24,26-28,30H,12-22,25H2,1-11H3/b24-23+,32-29-/t26?,27-,28-,30?/m1/s1. The molecule has 0 saturated heterocycles. The van der Waals surface area contributed by atoms with Gasteiger partial charge >= 0.3 is 0 Å². The number of hydrogen-bond donors (Lipinski definition) is 0. The maximum absolute atomic E-state index is 12.1. The van der Waals surface area contributed by atoms with Crippen LogP contribution in [0, 0.1) is 11.8 Å². The van der Waals surface area contributed by atoms with Gasteiger partial charge in [0.1, 0.15) is 6.61 Å². The molecule has 1 saturated carbocycles. The molecule has 2 unspecified atom stereocenters. The van der Waals surface area contributed by atoms with Crippen molar-refractivity contribution in [3.63, 3.8) is 0 Å². The van der Waals surface area contributed by atoms with Crippen molar-refractivity contribution in [2.75, 3.05) is 6.61 Å². The van der Waals surface area contributed by atoms with E-state index in [4.69, 9.17) is 18.1 Å². The molecule has 234 valence electrons. The zero-order chi connectivity index (χ0) is 30.4. The molecule has 0 aromatic carbocycles. The smallest absolute Gasteiger partial charge is 0.292 e. The van der Waals surface area contributed by atoms with Crippen molar-refractivity contribution in [1.29, 1.82) is 0 Å². The monoisotopic (exact) mass is 613 g/mol. The van der Waals surface area contributed by atoms with E-state index in [0.29, 0.717) is 18.9 Å². The molecular weight excluding hydrogens is 551 g/mol. The Morgan fingerprint density at radius 3 is 2.15 bits per heavy atom. The minimum absolute atomic E-state index is 0.0355. The van der Waals surface area contributed by atoms with E-state index in [1.165, 1.54) is 19.3 Å². The van der Waals surface area contributed by atoms with Crippen molar-refractivity contribution in [2.45, 2.75) is 156 Å². The average Bonchev–Trinajstić information content (AvgIpc) is 3.10. The number of carbonyl (C=O) groups is 1. The molecule has 0 aliphatic heterocycles. The van der Waals surface area contributed by atoms with Gasteiger partial charge in [0.05, 0.1) is 17.9 Å². The fourth-order valence-electron chi connectivity index (χ4n) is 5.29. The second-order valence-corrected chi connectivity index (χ2v) is 27.7. The molecule has 1 aliphatic carbocycles. The van der Waals surface area contributed by atoms with Crippen molar-refractivity contribution in [1.82, 2.24) is 0 Å². The molecule has 1 aliphatic rings. The summed E-state index contributed by atoms with van der Waals surface area (Å²) < 4.78 is 19.0. The normalized spacial score (nSPS) is 22.3. The third kappa shape index (κ3) is 17.3. The lowest BCUT2D eigenvalue weighted by molar-refractivity contribution is -0.135. The van der Waals surface area contributed by atoms with E-state index in [1.54, 1.807) is 0 Å². The van der Waals surface area contributed by atoms with Crippen LogP contribution in [0.4, 0.5) is 0 Å². The van der Waals surface area contributed by atoms with Gasteiger partial charge in [-0.25, -0.2) is 0 Å². The van der Waals surface area contributed by atoms with Crippen LogP contribution >= 0.6 is 0 Å². The van der Waals surface area contributed by atoms with E-state index in [0.717, 1.165) is 50.7 Å². The molecule has 0 spiro atoms. The van der Waals surface area contributed by atoms with Gasteiger partial charge in [-0.3, -0.25) is 4.79 Å². The summed E-state index contributed by atoms with van der Waals surface area (Å²) in [5.41, 5.74) is 1.15. The van der Waals surface area contributed by atoms with Crippen molar-refractivity contribution in [2.24, 2.45) is 17.0 Å². The van der Waals surface area contributed by atoms with Gasteiger partial charge in [-0.05, 0) is 85.1 Å². The molecule has 0 aromatic heterocycles. The lowest BCUT2D eigenvalue weighted by Gasteiger charge is -2.29. The highest BCUT2D eigenvalue weighted by molar-refractivity contribution is 6.71. The highest BCUT2D eigenvalue weighted by Crippen LogP contribution is 2.39. The Bertz CT molecular complexity index is 783. The summed E-state index contributed by atoms with van der Waals surface area (Å²) in [6.07, 6.45) is 16.4. The third-order valence-corrected chi connectivity index (χ3v) is 9.62. The molecule has 0 N–H and O–H groups in total. The molecule has 6 nitrogen and oxygen atoms in total. The molecule has 4 atom stereocenters. The summed E-state index contributed by atoms with van der Waals surface area (Å²) in [4.78, 5) is 17.7. The molecule has 0 amide bonds. The van der Waals surface area contributed by atoms with Gasteiger partial charge in [-0.2, -0.15) is 0 Å². The Morgan fingerprint density at radius 2 is 1.57 bits per heavy atom.